The number of aliphatic imine (C=N–C) groups is 1. The Balaban J connectivity index is 2.22. The van der Waals surface area contributed by atoms with E-state index in [4.69, 9.17) is 0 Å². The number of carbonyl (C=O) groups is 1. The fraction of sp³-hybridized carbons (Fsp3) is 0.385. The molecule has 0 aliphatic carbocycles. The van der Waals surface area contributed by atoms with Crippen molar-refractivity contribution in [2.75, 3.05) is 0 Å². The zero-order chi connectivity index (χ0) is 14.9. The van der Waals surface area contributed by atoms with Gasteiger partial charge in [0.2, 0.25) is 5.91 Å². The Kier molecular flexibility index (Phi) is 4.08. The molecule has 1 aliphatic rings. The number of hydrogen-bond donors (Lipinski definition) is 1. The van der Waals surface area contributed by atoms with Crippen molar-refractivity contribution in [3.63, 3.8) is 0 Å². The SMILES string of the molecule is CC(C)C1SC(=Nc2cccc(C(F)(F)F)c2)NC1=O. The second-order valence-corrected chi connectivity index (χ2v) is 5.87. The van der Waals surface area contributed by atoms with Crippen LogP contribution in [0.15, 0.2) is 29.3 Å². The van der Waals surface area contributed by atoms with E-state index in [1.165, 1.54) is 23.9 Å². The maximum absolute atomic E-state index is 12.6. The van der Waals surface area contributed by atoms with E-state index in [0.717, 1.165) is 12.1 Å². The van der Waals surface area contributed by atoms with E-state index in [1.54, 1.807) is 0 Å². The molecule has 108 valence electrons. The molecule has 1 N–H and O–H groups in total. The van der Waals surface area contributed by atoms with Crippen molar-refractivity contribution in [2.24, 2.45) is 10.9 Å². The van der Waals surface area contributed by atoms with E-state index in [1.807, 2.05) is 13.8 Å². The zero-order valence-electron chi connectivity index (χ0n) is 10.9. The highest BCUT2D eigenvalue weighted by molar-refractivity contribution is 8.15. The number of alkyl halides is 3. The minimum atomic E-state index is -4.40. The van der Waals surface area contributed by atoms with Gasteiger partial charge in [0.25, 0.3) is 0 Å². The summed E-state index contributed by atoms with van der Waals surface area (Å²) < 4.78 is 37.8. The van der Waals surface area contributed by atoms with E-state index in [-0.39, 0.29) is 22.8 Å². The molecule has 1 aromatic carbocycles. The molecule has 2 rings (SSSR count). The van der Waals surface area contributed by atoms with Crippen molar-refractivity contribution in [1.29, 1.82) is 0 Å². The largest absolute Gasteiger partial charge is 0.416 e. The highest BCUT2D eigenvalue weighted by Gasteiger charge is 2.33. The van der Waals surface area contributed by atoms with Gasteiger partial charge in [-0.3, -0.25) is 4.79 Å². The van der Waals surface area contributed by atoms with E-state index in [0.29, 0.717) is 5.17 Å². The summed E-state index contributed by atoms with van der Waals surface area (Å²) in [6.45, 7) is 3.81. The molecule has 7 heteroatoms. The average Bonchev–Trinajstić information content (AvgIpc) is 2.69. The van der Waals surface area contributed by atoms with Crippen LogP contribution >= 0.6 is 11.8 Å². The summed E-state index contributed by atoms with van der Waals surface area (Å²) in [6.07, 6.45) is -4.40. The first kappa shape index (κ1) is 14.9. The van der Waals surface area contributed by atoms with Gasteiger partial charge in [-0.2, -0.15) is 13.2 Å². The quantitative estimate of drug-likeness (QED) is 0.907. The smallest absolute Gasteiger partial charge is 0.304 e. The third kappa shape index (κ3) is 3.33. The summed E-state index contributed by atoms with van der Waals surface area (Å²) in [5.41, 5.74) is -0.582. The summed E-state index contributed by atoms with van der Waals surface area (Å²) in [5.74, 6) is -0.0232. The van der Waals surface area contributed by atoms with Crippen LogP contribution < -0.4 is 5.32 Å². The Labute approximate surface area is 118 Å². The molecule has 1 aromatic rings. The Morgan fingerprint density at radius 2 is 2.05 bits per heavy atom. The van der Waals surface area contributed by atoms with E-state index in [9.17, 15) is 18.0 Å². The van der Waals surface area contributed by atoms with Gasteiger partial charge in [0.1, 0.15) is 0 Å². The van der Waals surface area contributed by atoms with Crippen molar-refractivity contribution in [3.05, 3.63) is 29.8 Å². The summed E-state index contributed by atoms with van der Waals surface area (Å²) in [6, 6.07) is 4.71. The lowest BCUT2D eigenvalue weighted by Gasteiger charge is -2.08. The fourth-order valence-electron chi connectivity index (χ4n) is 1.74. The van der Waals surface area contributed by atoms with Crippen molar-refractivity contribution in [2.45, 2.75) is 25.3 Å². The molecule has 1 fully saturated rings. The van der Waals surface area contributed by atoms with Gasteiger partial charge in [-0.1, -0.05) is 31.7 Å². The molecule has 1 heterocycles. The minimum absolute atomic E-state index is 0.134. The molecule has 20 heavy (non-hydrogen) atoms. The van der Waals surface area contributed by atoms with Crippen LogP contribution in [-0.2, 0) is 11.0 Å². The highest BCUT2D eigenvalue weighted by Crippen LogP contribution is 2.32. The zero-order valence-corrected chi connectivity index (χ0v) is 11.7. The first-order chi connectivity index (χ1) is 9.27. The van der Waals surface area contributed by atoms with Crippen LogP contribution in [0, 0.1) is 5.92 Å². The van der Waals surface area contributed by atoms with Crippen molar-refractivity contribution in [1.82, 2.24) is 5.32 Å². The topological polar surface area (TPSA) is 41.5 Å². The molecule has 0 bridgehead atoms. The molecule has 0 spiro atoms. The molecule has 1 aliphatic heterocycles. The van der Waals surface area contributed by atoms with Crippen LogP contribution in [0.25, 0.3) is 0 Å². The summed E-state index contributed by atoms with van der Waals surface area (Å²) in [5, 5.41) is 2.68. The Hall–Kier alpha value is -1.50. The van der Waals surface area contributed by atoms with Crippen LogP contribution in [0.3, 0.4) is 0 Å². The number of hydrogen-bond acceptors (Lipinski definition) is 3. The molecule has 1 saturated heterocycles. The van der Waals surface area contributed by atoms with Gasteiger partial charge in [0.15, 0.2) is 5.17 Å². The predicted octanol–water partition coefficient (Wildman–Crippen LogP) is 3.58. The van der Waals surface area contributed by atoms with Gasteiger partial charge in [0, 0.05) is 0 Å². The first-order valence-corrected chi connectivity index (χ1v) is 6.89. The standard InChI is InChI=1S/C13H13F3N2OS/c1-7(2)10-11(19)18-12(20-10)17-9-5-3-4-8(6-9)13(14,15)16/h3-7,10H,1-2H3,(H,17,18,19). The number of thioether (sulfide) groups is 1. The number of benzene rings is 1. The normalized spacial score (nSPS) is 21.6. The number of nitrogens with zero attached hydrogens (tertiary/aromatic N) is 1. The number of rotatable bonds is 2. The average molecular weight is 302 g/mol. The highest BCUT2D eigenvalue weighted by atomic mass is 32.2. The van der Waals surface area contributed by atoms with E-state index in [2.05, 4.69) is 10.3 Å². The number of carbonyl (C=O) groups excluding carboxylic acids is 1. The van der Waals surface area contributed by atoms with Crippen molar-refractivity contribution in [3.8, 4) is 0 Å². The molecule has 3 nitrogen and oxygen atoms in total. The van der Waals surface area contributed by atoms with E-state index >= 15 is 0 Å². The molecular formula is C13H13F3N2OS. The summed E-state index contributed by atoms with van der Waals surface area (Å²) in [7, 11) is 0. The molecule has 1 amide bonds. The monoisotopic (exact) mass is 302 g/mol. The van der Waals surface area contributed by atoms with Gasteiger partial charge >= 0.3 is 6.18 Å². The van der Waals surface area contributed by atoms with Crippen LogP contribution in [-0.4, -0.2) is 16.3 Å². The lowest BCUT2D eigenvalue weighted by molar-refractivity contribution is -0.137. The molecule has 0 radical (unpaired) electrons. The number of halogens is 3. The Bertz CT molecular complexity index is 555. The number of nitrogens with one attached hydrogen (secondary N) is 1. The lowest BCUT2D eigenvalue weighted by Crippen LogP contribution is -2.27. The molecular weight excluding hydrogens is 289 g/mol. The van der Waals surface area contributed by atoms with Gasteiger partial charge in [-0.25, -0.2) is 4.99 Å². The molecule has 0 saturated carbocycles. The van der Waals surface area contributed by atoms with Gasteiger partial charge < -0.3 is 5.32 Å². The maximum atomic E-state index is 12.6. The van der Waals surface area contributed by atoms with Gasteiger partial charge in [-0.15, -0.1) is 0 Å². The second-order valence-electron chi connectivity index (χ2n) is 4.74. The van der Waals surface area contributed by atoms with Crippen LogP contribution in [0.4, 0.5) is 18.9 Å². The third-order valence-corrected chi connectivity index (χ3v) is 4.17. The van der Waals surface area contributed by atoms with E-state index < -0.39 is 11.7 Å². The Morgan fingerprint density at radius 3 is 2.60 bits per heavy atom. The van der Waals surface area contributed by atoms with Crippen LogP contribution in [0.5, 0.6) is 0 Å². The molecule has 1 unspecified atom stereocenters. The summed E-state index contributed by atoms with van der Waals surface area (Å²) in [4.78, 5) is 15.7. The van der Waals surface area contributed by atoms with Gasteiger partial charge in [-0.05, 0) is 24.1 Å². The molecule has 0 aromatic heterocycles. The van der Waals surface area contributed by atoms with Gasteiger partial charge in [0.05, 0.1) is 16.5 Å². The van der Waals surface area contributed by atoms with Crippen molar-refractivity contribution >= 4 is 28.5 Å². The van der Waals surface area contributed by atoms with Crippen molar-refractivity contribution < 1.29 is 18.0 Å². The number of amides is 1. The number of amidine groups is 1. The maximum Gasteiger partial charge on any atom is 0.416 e. The fourth-order valence-corrected chi connectivity index (χ4v) is 2.74. The van der Waals surface area contributed by atoms with Crippen LogP contribution in [0.1, 0.15) is 19.4 Å². The first-order valence-electron chi connectivity index (χ1n) is 6.01. The third-order valence-electron chi connectivity index (χ3n) is 2.74. The predicted molar refractivity (Wildman–Crippen MR) is 72.9 cm³/mol. The minimum Gasteiger partial charge on any atom is -0.304 e. The Morgan fingerprint density at radius 1 is 1.35 bits per heavy atom. The lowest BCUT2D eigenvalue weighted by atomic mass is 10.1. The molecule has 1 atom stereocenters. The van der Waals surface area contributed by atoms with Crippen LogP contribution in [0.2, 0.25) is 0 Å². The second kappa shape index (κ2) is 5.47. The summed E-state index contributed by atoms with van der Waals surface area (Å²) >= 11 is 1.24.